The molecule has 1 nitrogen and oxygen atoms in total. The summed E-state index contributed by atoms with van der Waals surface area (Å²) in [6.45, 7) is 4.03. The van der Waals surface area contributed by atoms with Crippen molar-refractivity contribution in [1.29, 1.82) is 0 Å². The minimum absolute atomic E-state index is 0.245. The highest BCUT2D eigenvalue weighted by atomic mass is 19.1. The first-order valence-corrected chi connectivity index (χ1v) is 3.70. The van der Waals surface area contributed by atoms with Crippen molar-refractivity contribution in [3.63, 3.8) is 0 Å². The molecule has 0 unspecified atom stereocenters. The number of aliphatic imine (C=N–C) groups is 1. The summed E-state index contributed by atoms with van der Waals surface area (Å²) in [5, 5.41) is 0. The van der Waals surface area contributed by atoms with Crippen LogP contribution in [0.2, 0.25) is 0 Å². The molecule has 0 radical (unpaired) electrons. The maximum absolute atomic E-state index is 12.9. The van der Waals surface area contributed by atoms with Crippen LogP contribution in [0, 0.1) is 5.82 Å². The second-order valence-electron chi connectivity index (χ2n) is 2.30. The minimum atomic E-state index is -0.245. The number of nitrogens with zero attached hydrogens (tertiary/aromatic N) is 1. The normalized spacial score (nSPS) is 10.4. The van der Waals surface area contributed by atoms with Crippen LogP contribution >= 0.6 is 0 Å². The molecule has 0 saturated heterocycles. The highest BCUT2D eigenvalue weighted by Crippen LogP contribution is 2.02. The molecule has 0 spiro atoms. The Morgan fingerprint density at radius 3 is 2.83 bits per heavy atom. The molecule has 0 atom stereocenters. The lowest BCUT2D eigenvalue weighted by atomic mass is 10.2. The molecule has 0 aliphatic carbocycles. The van der Waals surface area contributed by atoms with Gasteiger partial charge in [-0.05, 0) is 6.07 Å². The van der Waals surface area contributed by atoms with E-state index >= 15 is 0 Å². The Balaban J connectivity index is 2.74. The zero-order chi connectivity index (χ0) is 8.81. The lowest BCUT2D eigenvalue weighted by Crippen LogP contribution is -1.87. The van der Waals surface area contributed by atoms with Gasteiger partial charge in [0.05, 0.1) is 6.54 Å². The fourth-order valence-corrected chi connectivity index (χ4v) is 0.805. The Kier molecular flexibility index (Phi) is 3.20. The molecule has 0 bridgehead atoms. The Labute approximate surface area is 71.3 Å². The van der Waals surface area contributed by atoms with Gasteiger partial charge in [-0.3, -0.25) is 4.99 Å². The van der Waals surface area contributed by atoms with Crippen molar-refractivity contribution < 1.29 is 4.39 Å². The smallest absolute Gasteiger partial charge is 0.131 e. The number of hydrogen-bond acceptors (Lipinski definition) is 1. The lowest BCUT2D eigenvalue weighted by Gasteiger charge is -1.92. The molecule has 0 saturated carbocycles. The summed E-state index contributed by atoms with van der Waals surface area (Å²) in [5.41, 5.74) is 0.513. The molecular formula is C10H10FN. The van der Waals surface area contributed by atoms with Gasteiger partial charge >= 0.3 is 0 Å². The van der Waals surface area contributed by atoms with Gasteiger partial charge in [0, 0.05) is 11.8 Å². The molecular weight excluding hydrogens is 153 g/mol. The summed E-state index contributed by atoms with van der Waals surface area (Å²) < 4.78 is 12.9. The van der Waals surface area contributed by atoms with E-state index in [1.54, 1.807) is 24.3 Å². The molecule has 1 aromatic rings. The monoisotopic (exact) mass is 163 g/mol. The molecule has 0 heterocycles. The summed E-state index contributed by atoms with van der Waals surface area (Å²) in [7, 11) is 0. The molecule has 62 valence electrons. The molecule has 0 aromatic heterocycles. The first-order chi connectivity index (χ1) is 5.84. The number of benzene rings is 1. The van der Waals surface area contributed by atoms with E-state index in [-0.39, 0.29) is 5.82 Å². The van der Waals surface area contributed by atoms with Gasteiger partial charge in [-0.2, -0.15) is 0 Å². The van der Waals surface area contributed by atoms with Gasteiger partial charge < -0.3 is 0 Å². The molecule has 1 rings (SSSR count). The van der Waals surface area contributed by atoms with E-state index in [0.717, 1.165) is 0 Å². The topological polar surface area (TPSA) is 12.4 Å². The third-order valence-corrected chi connectivity index (χ3v) is 1.37. The quantitative estimate of drug-likeness (QED) is 0.479. The Morgan fingerprint density at radius 2 is 2.17 bits per heavy atom. The first kappa shape index (κ1) is 8.65. The SMILES string of the molecule is C=CC/N=C/c1ccccc1F. The zero-order valence-corrected chi connectivity index (χ0v) is 6.70. The van der Waals surface area contributed by atoms with Gasteiger partial charge in [-0.25, -0.2) is 4.39 Å². The van der Waals surface area contributed by atoms with Crippen molar-refractivity contribution in [2.75, 3.05) is 6.54 Å². The van der Waals surface area contributed by atoms with Gasteiger partial charge in [0.2, 0.25) is 0 Å². The van der Waals surface area contributed by atoms with Crippen LogP contribution in [-0.4, -0.2) is 12.8 Å². The van der Waals surface area contributed by atoms with Crippen LogP contribution in [0.3, 0.4) is 0 Å². The third-order valence-electron chi connectivity index (χ3n) is 1.37. The zero-order valence-electron chi connectivity index (χ0n) is 6.70. The maximum atomic E-state index is 12.9. The number of rotatable bonds is 3. The standard InChI is InChI=1S/C10H10FN/c1-2-7-12-8-9-5-3-4-6-10(9)11/h2-6,8H,1,7H2/b12-8+. The van der Waals surface area contributed by atoms with E-state index in [2.05, 4.69) is 11.6 Å². The van der Waals surface area contributed by atoms with Crippen LogP contribution in [0.1, 0.15) is 5.56 Å². The van der Waals surface area contributed by atoms with Crippen LogP contribution in [-0.2, 0) is 0 Å². The van der Waals surface area contributed by atoms with Crippen molar-refractivity contribution in [3.8, 4) is 0 Å². The van der Waals surface area contributed by atoms with E-state index in [1.807, 2.05) is 0 Å². The van der Waals surface area contributed by atoms with Crippen LogP contribution in [0.4, 0.5) is 4.39 Å². The molecule has 0 aliphatic heterocycles. The molecule has 0 aliphatic rings. The van der Waals surface area contributed by atoms with Crippen molar-refractivity contribution in [2.45, 2.75) is 0 Å². The summed E-state index contributed by atoms with van der Waals surface area (Å²) in [6, 6.07) is 6.52. The number of hydrogen-bond donors (Lipinski definition) is 0. The van der Waals surface area contributed by atoms with Gasteiger partial charge in [0.1, 0.15) is 5.82 Å². The van der Waals surface area contributed by atoms with Crippen LogP contribution in [0.15, 0.2) is 41.9 Å². The van der Waals surface area contributed by atoms with Gasteiger partial charge in [-0.15, -0.1) is 6.58 Å². The predicted molar refractivity (Wildman–Crippen MR) is 49.1 cm³/mol. The van der Waals surface area contributed by atoms with Crippen molar-refractivity contribution in [3.05, 3.63) is 48.3 Å². The summed E-state index contributed by atoms with van der Waals surface area (Å²) in [5.74, 6) is -0.245. The highest BCUT2D eigenvalue weighted by Gasteiger charge is 1.94. The van der Waals surface area contributed by atoms with E-state index in [9.17, 15) is 4.39 Å². The summed E-state index contributed by atoms with van der Waals surface area (Å²) >= 11 is 0. The van der Waals surface area contributed by atoms with E-state index < -0.39 is 0 Å². The Morgan fingerprint density at radius 1 is 1.42 bits per heavy atom. The number of halogens is 1. The molecule has 0 N–H and O–H groups in total. The predicted octanol–water partition coefficient (Wildman–Crippen LogP) is 2.43. The van der Waals surface area contributed by atoms with Gasteiger partial charge in [-0.1, -0.05) is 24.3 Å². The molecule has 0 amide bonds. The largest absolute Gasteiger partial charge is 0.288 e. The molecule has 1 aromatic carbocycles. The van der Waals surface area contributed by atoms with Crippen LogP contribution in [0.5, 0.6) is 0 Å². The second kappa shape index (κ2) is 4.44. The fraction of sp³-hybridized carbons (Fsp3) is 0.100. The average molecular weight is 163 g/mol. The average Bonchev–Trinajstić information content (AvgIpc) is 2.09. The first-order valence-electron chi connectivity index (χ1n) is 3.70. The third kappa shape index (κ3) is 2.31. The van der Waals surface area contributed by atoms with Crippen molar-refractivity contribution >= 4 is 6.21 Å². The maximum Gasteiger partial charge on any atom is 0.131 e. The van der Waals surface area contributed by atoms with E-state index in [1.165, 1.54) is 12.3 Å². The molecule has 12 heavy (non-hydrogen) atoms. The van der Waals surface area contributed by atoms with E-state index in [4.69, 9.17) is 0 Å². The van der Waals surface area contributed by atoms with Crippen LogP contribution < -0.4 is 0 Å². The summed E-state index contributed by atoms with van der Waals surface area (Å²) in [6.07, 6.45) is 3.17. The van der Waals surface area contributed by atoms with Crippen molar-refractivity contribution in [1.82, 2.24) is 0 Å². The highest BCUT2D eigenvalue weighted by molar-refractivity contribution is 5.79. The molecule has 0 fully saturated rings. The Hall–Kier alpha value is -1.44. The fourth-order valence-electron chi connectivity index (χ4n) is 0.805. The van der Waals surface area contributed by atoms with Gasteiger partial charge in [0.25, 0.3) is 0 Å². The van der Waals surface area contributed by atoms with Crippen LogP contribution in [0.25, 0.3) is 0 Å². The minimum Gasteiger partial charge on any atom is -0.288 e. The lowest BCUT2D eigenvalue weighted by molar-refractivity contribution is 0.626. The molecule has 2 heteroatoms. The second-order valence-corrected chi connectivity index (χ2v) is 2.30. The van der Waals surface area contributed by atoms with Gasteiger partial charge in [0.15, 0.2) is 0 Å². The Bertz CT molecular complexity index is 292. The summed E-state index contributed by atoms with van der Waals surface area (Å²) in [4.78, 5) is 3.94. The van der Waals surface area contributed by atoms with E-state index in [0.29, 0.717) is 12.1 Å². The van der Waals surface area contributed by atoms with Crippen molar-refractivity contribution in [2.24, 2.45) is 4.99 Å².